The van der Waals surface area contributed by atoms with Crippen LogP contribution >= 0.6 is 0 Å². The van der Waals surface area contributed by atoms with Crippen LogP contribution in [0.5, 0.6) is 0 Å². The zero-order chi connectivity index (χ0) is 8.85. The molecule has 4 nitrogen and oxygen atoms in total. The molecule has 0 heterocycles. The Hall–Kier alpha value is -1.19. The van der Waals surface area contributed by atoms with Gasteiger partial charge in [-0.2, -0.15) is 0 Å². The van der Waals surface area contributed by atoms with Gasteiger partial charge in [0.1, 0.15) is 6.42 Å². The summed E-state index contributed by atoms with van der Waals surface area (Å²) in [4.78, 5) is 24.3. The van der Waals surface area contributed by atoms with Crippen molar-refractivity contribution >= 4 is 18.0 Å². The van der Waals surface area contributed by atoms with Crippen molar-refractivity contribution in [3.05, 3.63) is 0 Å². The third-order valence-corrected chi connectivity index (χ3v) is 0.842. The van der Waals surface area contributed by atoms with Crippen LogP contribution in [0.25, 0.3) is 0 Å². The van der Waals surface area contributed by atoms with Crippen LogP contribution in [0.15, 0.2) is 4.99 Å². The highest BCUT2D eigenvalue weighted by atomic mass is 16.2. The topological polar surface area (TPSA) is 72.5 Å². The number of nitrogens with zero attached hydrogens (tertiary/aromatic N) is 1. The number of carbonyl (C=O) groups is 2. The fourth-order valence-electron chi connectivity index (χ4n) is 0.427. The lowest BCUT2D eigenvalue weighted by atomic mass is 10.2. The Balaban J connectivity index is 3.78. The highest BCUT2D eigenvalue weighted by Gasteiger charge is 2.02. The van der Waals surface area contributed by atoms with E-state index in [0.29, 0.717) is 0 Å². The molecule has 0 unspecified atom stereocenters. The Morgan fingerprint density at radius 3 is 2.45 bits per heavy atom. The lowest BCUT2D eigenvalue weighted by Gasteiger charge is -1.91. The smallest absolute Gasteiger partial charge is 0.254 e. The van der Waals surface area contributed by atoms with Crippen molar-refractivity contribution in [2.45, 2.75) is 20.3 Å². The second-order valence-electron chi connectivity index (χ2n) is 2.56. The molecule has 0 atom stereocenters. The van der Waals surface area contributed by atoms with E-state index in [4.69, 9.17) is 5.73 Å². The molecule has 0 radical (unpaired) electrons. The first-order valence-electron chi connectivity index (χ1n) is 3.37. The van der Waals surface area contributed by atoms with Gasteiger partial charge in [0.2, 0.25) is 5.91 Å². The van der Waals surface area contributed by atoms with Crippen LogP contribution in [-0.4, -0.2) is 18.0 Å². The molecule has 11 heavy (non-hydrogen) atoms. The number of hydrogen-bond donors (Lipinski definition) is 1. The monoisotopic (exact) mass is 156 g/mol. The summed E-state index contributed by atoms with van der Waals surface area (Å²) < 4.78 is 0. The van der Waals surface area contributed by atoms with Gasteiger partial charge in [0, 0.05) is 6.21 Å². The largest absolute Gasteiger partial charge is 0.369 e. The minimum absolute atomic E-state index is 0.215. The van der Waals surface area contributed by atoms with Gasteiger partial charge in [0.25, 0.3) is 5.91 Å². The van der Waals surface area contributed by atoms with E-state index in [-0.39, 0.29) is 12.3 Å². The van der Waals surface area contributed by atoms with Crippen molar-refractivity contribution in [2.75, 3.05) is 0 Å². The molecule has 0 aromatic rings. The summed E-state index contributed by atoms with van der Waals surface area (Å²) in [6.45, 7) is 3.78. The summed E-state index contributed by atoms with van der Waals surface area (Å²) in [5.74, 6) is -0.908. The van der Waals surface area contributed by atoms with Crippen LogP contribution in [0, 0.1) is 5.92 Å². The van der Waals surface area contributed by atoms with Crippen LogP contribution < -0.4 is 5.73 Å². The number of aliphatic imine (C=N–C) groups is 1. The molecule has 0 aromatic carbocycles. The second kappa shape index (κ2) is 4.60. The lowest BCUT2D eigenvalue weighted by molar-refractivity contribution is -0.125. The maximum atomic E-state index is 10.7. The minimum atomic E-state index is -0.643. The van der Waals surface area contributed by atoms with Gasteiger partial charge >= 0.3 is 0 Å². The fourth-order valence-corrected chi connectivity index (χ4v) is 0.427. The summed E-state index contributed by atoms with van der Waals surface area (Å²) in [6, 6.07) is 0. The molecule has 0 fully saturated rings. The highest BCUT2D eigenvalue weighted by Crippen LogP contribution is 1.88. The molecule has 0 aliphatic carbocycles. The number of primary amides is 1. The van der Waals surface area contributed by atoms with Gasteiger partial charge in [0.15, 0.2) is 0 Å². The zero-order valence-electron chi connectivity index (χ0n) is 6.70. The van der Waals surface area contributed by atoms with Crippen molar-refractivity contribution in [1.29, 1.82) is 0 Å². The third-order valence-electron chi connectivity index (χ3n) is 0.842. The maximum Gasteiger partial charge on any atom is 0.254 e. The Morgan fingerprint density at radius 1 is 1.55 bits per heavy atom. The lowest BCUT2D eigenvalue weighted by Crippen LogP contribution is -2.15. The highest BCUT2D eigenvalue weighted by molar-refractivity contribution is 5.99. The molecule has 0 aromatic heterocycles. The van der Waals surface area contributed by atoms with Crippen LogP contribution in [0.3, 0.4) is 0 Å². The predicted octanol–water partition coefficient (Wildman–Crippen LogP) is 0.115. The standard InChI is InChI=1S/C7H12N2O2/c1-5(2)4-9-7(11)3-6(8)10/h4-5H,3H2,1-2H3,(H2,8,10). The molecule has 62 valence electrons. The van der Waals surface area contributed by atoms with E-state index >= 15 is 0 Å². The summed E-state index contributed by atoms with van der Waals surface area (Å²) in [5.41, 5.74) is 4.77. The number of carbonyl (C=O) groups excluding carboxylic acids is 2. The zero-order valence-corrected chi connectivity index (χ0v) is 6.70. The van der Waals surface area contributed by atoms with Crippen molar-refractivity contribution in [2.24, 2.45) is 16.6 Å². The first-order valence-corrected chi connectivity index (χ1v) is 3.37. The van der Waals surface area contributed by atoms with Gasteiger partial charge in [-0.3, -0.25) is 9.59 Å². The first-order chi connectivity index (χ1) is 5.02. The molecule has 0 aliphatic heterocycles. The molecule has 0 rings (SSSR count). The second-order valence-corrected chi connectivity index (χ2v) is 2.56. The SMILES string of the molecule is CC(C)C=NC(=O)CC(N)=O. The summed E-state index contributed by atoms with van der Waals surface area (Å²) in [5, 5.41) is 0. The molecule has 0 aliphatic rings. The molecule has 2 amide bonds. The average molecular weight is 156 g/mol. The van der Waals surface area contributed by atoms with Gasteiger partial charge in [-0.1, -0.05) is 13.8 Å². The normalized spacial score (nSPS) is 10.8. The van der Waals surface area contributed by atoms with Crippen LogP contribution in [0.1, 0.15) is 20.3 Å². The first kappa shape index (κ1) is 9.81. The van der Waals surface area contributed by atoms with Crippen molar-refractivity contribution < 1.29 is 9.59 Å². The van der Waals surface area contributed by atoms with E-state index in [9.17, 15) is 9.59 Å². The molecule has 2 N–H and O–H groups in total. The Labute approximate surface area is 65.5 Å². The van der Waals surface area contributed by atoms with Gasteiger partial charge in [-0.15, -0.1) is 0 Å². The maximum absolute atomic E-state index is 10.7. The van der Waals surface area contributed by atoms with Crippen LogP contribution in [-0.2, 0) is 9.59 Å². The van der Waals surface area contributed by atoms with Crippen molar-refractivity contribution in [3.8, 4) is 0 Å². The molecule has 4 heteroatoms. The molecule has 0 saturated carbocycles. The number of amides is 2. The number of rotatable bonds is 3. The van der Waals surface area contributed by atoms with Crippen LogP contribution in [0.2, 0.25) is 0 Å². The molecular formula is C7H12N2O2. The van der Waals surface area contributed by atoms with E-state index in [0.717, 1.165) is 0 Å². The molecule has 0 saturated heterocycles. The van der Waals surface area contributed by atoms with Crippen molar-refractivity contribution in [1.82, 2.24) is 0 Å². The van der Waals surface area contributed by atoms with E-state index in [1.54, 1.807) is 0 Å². The Kier molecular flexibility index (Phi) is 4.10. The Morgan fingerprint density at radius 2 is 2.09 bits per heavy atom. The fraction of sp³-hybridized carbons (Fsp3) is 0.571. The molecule has 0 spiro atoms. The summed E-state index contributed by atoms with van der Waals surface area (Å²) >= 11 is 0. The Bertz CT molecular complexity index is 185. The predicted molar refractivity (Wildman–Crippen MR) is 42.1 cm³/mol. The molecular weight excluding hydrogens is 144 g/mol. The van der Waals surface area contributed by atoms with Crippen LogP contribution in [0.4, 0.5) is 0 Å². The average Bonchev–Trinajstić information content (AvgIpc) is 1.82. The number of nitrogens with two attached hydrogens (primary N) is 1. The van der Waals surface area contributed by atoms with E-state index in [1.807, 2.05) is 13.8 Å². The minimum Gasteiger partial charge on any atom is -0.369 e. The van der Waals surface area contributed by atoms with Crippen molar-refractivity contribution in [3.63, 3.8) is 0 Å². The third kappa shape index (κ3) is 6.70. The summed E-state index contributed by atoms with van der Waals surface area (Å²) in [6.07, 6.45) is 1.19. The number of hydrogen-bond acceptors (Lipinski definition) is 2. The van der Waals surface area contributed by atoms with E-state index in [1.165, 1.54) is 6.21 Å². The van der Waals surface area contributed by atoms with Gasteiger partial charge in [0.05, 0.1) is 0 Å². The molecule has 0 bridgehead atoms. The van der Waals surface area contributed by atoms with E-state index in [2.05, 4.69) is 4.99 Å². The van der Waals surface area contributed by atoms with Gasteiger partial charge in [-0.05, 0) is 5.92 Å². The summed E-state index contributed by atoms with van der Waals surface area (Å²) in [7, 11) is 0. The van der Waals surface area contributed by atoms with Gasteiger partial charge < -0.3 is 5.73 Å². The van der Waals surface area contributed by atoms with E-state index < -0.39 is 11.8 Å². The quantitative estimate of drug-likeness (QED) is 0.465. The van der Waals surface area contributed by atoms with Gasteiger partial charge in [-0.25, -0.2) is 4.99 Å².